The van der Waals surface area contributed by atoms with Crippen molar-refractivity contribution in [2.75, 3.05) is 53.4 Å². The molecular formula is C14H29N3. The van der Waals surface area contributed by atoms with Gasteiger partial charge in [0.1, 0.15) is 0 Å². The summed E-state index contributed by atoms with van der Waals surface area (Å²) in [5.41, 5.74) is 0. The van der Waals surface area contributed by atoms with E-state index in [-0.39, 0.29) is 0 Å². The number of hydrogen-bond acceptors (Lipinski definition) is 3. The predicted octanol–water partition coefficient (Wildman–Crippen LogP) is 1.26. The maximum atomic E-state index is 3.46. The smallest absolute Gasteiger partial charge is 0.000756 e. The highest BCUT2D eigenvalue weighted by atomic mass is 15.1. The molecule has 2 saturated heterocycles. The minimum atomic E-state index is 0.940. The largest absolute Gasteiger partial charge is 0.316 e. The lowest BCUT2D eigenvalue weighted by molar-refractivity contribution is 0.172. The van der Waals surface area contributed by atoms with E-state index in [9.17, 15) is 0 Å². The van der Waals surface area contributed by atoms with Crippen LogP contribution in [0.25, 0.3) is 0 Å². The zero-order chi connectivity index (χ0) is 12.1. The van der Waals surface area contributed by atoms with Crippen LogP contribution in [0.4, 0.5) is 0 Å². The normalized spacial score (nSPS) is 28.1. The Morgan fingerprint density at radius 3 is 2.59 bits per heavy atom. The van der Waals surface area contributed by atoms with E-state index in [1.54, 1.807) is 0 Å². The van der Waals surface area contributed by atoms with Crippen LogP contribution in [0.3, 0.4) is 0 Å². The molecule has 0 saturated carbocycles. The molecule has 2 aliphatic heterocycles. The van der Waals surface area contributed by atoms with Crippen LogP contribution in [0.15, 0.2) is 0 Å². The van der Waals surface area contributed by atoms with Crippen molar-refractivity contribution in [3.8, 4) is 0 Å². The number of hydrogen-bond donors (Lipinski definition) is 1. The zero-order valence-electron chi connectivity index (χ0n) is 11.6. The Morgan fingerprint density at radius 1 is 1.18 bits per heavy atom. The van der Waals surface area contributed by atoms with Crippen molar-refractivity contribution < 1.29 is 0 Å². The molecule has 0 amide bonds. The Balaban J connectivity index is 1.58. The molecule has 0 aromatic heterocycles. The Labute approximate surface area is 107 Å². The molecule has 17 heavy (non-hydrogen) atoms. The first-order chi connectivity index (χ1) is 8.24. The summed E-state index contributed by atoms with van der Waals surface area (Å²) in [7, 11) is 4.55. The van der Waals surface area contributed by atoms with Crippen LogP contribution < -0.4 is 5.32 Å². The molecule has 2 heterocycles. The molecule has 2 aliphatic rings. The van der Waals surface area contributed by atoms with E-state index in [0.717, 1.165) is 11.8 Å². The Kier molecular flexibility index (Phi) is 5.26. The molecular weight excluding hydrogens is 210 g/mol. The first-order valence-corrected chi connectivity index (χ1v) is 7.32. The third-order valence-electron chi connectivity index (χ3n) is 4.49. The van der Waals surface area contributed by atoms with E-state index in [4.69, 9.17) is 0 Å². The fraction of sp³-hybridized carbons (Fsp3) is 1.00. The summed E-state index contributed by atoms with van der Waals surface area (Å²) in [6, 6.07) is 0. The van der Waals surface area contributed by atoms with Gasteiger partial charge >= 0.3 is 0 Å². The van der Waals surface area contributed by atoms with Crippen LogP contribution >= 0.6 is 0 Å². The van der Waals surface area contributed by atoms with Crippen molar-refractivity contribution in [2.45, 2.75) is 25.7 Å². The van der Waals surface area contributed by atoms with E-state index in [1.165, 1.54) is 65.0 Å². The summed E-state index contributed by atoms with van der Waals surface area (Å²) in [6.07, 6.45) is 5.57. The van der Waals surface area contributed by atoms with Crippen molar-refractivity contribution in [1.29, 1.82) is 0 Å². The van der Waals surface area contributed by atoms with E-state index >= 15 is 0 Å². The van der Waals surface area contributed by atoms with E-state index in [1.807, 2.05) is 0 Å². The lowest BCUT2D eigenvalue weighted by atomic mass is 9.96. The molecule has 0 spiro atoms. The molecule has 3 nitrogen and oxygen atoms in total. The average molecular weight is 239 g/mol. The van der Waals surface area contributed by atoms with E-state index in [0.29, 0.717) is 0 Å². The van der Waals surface area contributed by atoms with Gasteiger partial charge in [-0.1, -0.05) is 0 Å². The third-order valence-corrected chi connectivity index (χ3v) is 4.49. The Morgan fingerprint density at radius 2 is 1.94 bits per heavy atom. The number of piperidine rings is 1. The van der Waals surface area contributed by atoms with Gasteiger partial charge in [0, 0.05) is 6.54 Å². The monoisotopic (exact) mass is 239 g/mol. The summed E-state index contributed by atoms with van der Waals surface area (Å²) in [4.78, 5) is 5.02. The van der Waals surface area contributed by atoms with Gasteiger partial charge in [0.05, 0.1) is 0 Å². The molecule has 1 N–H and O–H groups in total. The fourth-order valence-electron chi connectivity index (χ4n) is 3.14. The third kappa shape index (κ3) is 4.57. The molecule has 0 radical (unpaired) electrons. The maximum absolute atomic E-state index is 3.46. The summed E-state index contributed by atoms with van der Waals surface area (Å²) < 4.78 is 0. The van der Waals surface area contributed by atoms with Gasteiger partial charge < -0.3 is 15.1 Å². The van der Waals surface area contributed by atoms with Gasteiger partial charge in [-0.25, -0.2) is 0 Å². The Bertz CT molecular complexity index is 206. The summed E-state index contributed by atoms with van der Waals surface area (Å²) in [5, 5.41) is 3.46. The van der Waals surface area contributed by atoms with Gasteiger partial charge in [0.25, 0.3) is 0 Å². The van der Waals surface area contributed by atoms with Gasteiger partial charge in [0.15, 0.2) is 0 Å². The SMILES string of the molecule is CN1CCC(CN(C)CCC2CCNC2)CC1. The van der Waals surface area contributed by atoms with Gasteiger partial charge in [-0.05, 0) is 84.3 Å². The summed E-state index contributed by atoms with van der Waals surface area (Å²) in [6.45, 7) is 7.69. The number of rotatable bonds is 5. The highest BCUT2D eigenvalue weighted by Gasteiger charge is 2.19. The first kappa shape index (κ1) is 13.3. The van der Waals surface area contributed by atoms with Crippen LogP contribution in [0.5, 0.6) is 0 Å². The maximum Gasteiger partial charge on any atom is 0.000756 e. The minimum absolute atomic E-state index is 0.940. The lowest BCUT2D eigenvalue weighted by Crippen LogP contribution is -2.36. The van der Waals surface area contributed by atoms with Crippen molar-refractivity contribution in [1.82, 2.24) is 15.1 Å². The van der Waals surface area contributed by atoms with E-state index < -0.39 is 0 Å². The standard InChI is InChI=1S/C14H29N3/c1-16-8-5-14(6-9-16)12-17(2)10-4-13-3-7-15-11-13/h13-15H,3-12H2,1-2H3. The molecule has 3 heteroatoms. The molecule has 0 aromatic rings. The van der Waals surface area contributed by atoms with Crippen LogP contribution in [-0.2, 0) is 0 Å². The van der Waals surface area contributed by atoms with Gasteiger partial charge in [-0.3, -0.25) is 0 Å². The Hall–Kier alpha value is -0.120. The van der Waals surface area contributed by atoms with Crippen molar-refractivity contribution in [3.63, 3.8) is 0 Å². The summed E-state index contributed by atoms with van der Waals surface area (Å²) >= 11 is 0. The van der Waals surface area contributed by atoms with Gasteiger partial charge in [0.2, 0.25) is 0 Å². The van der Waals surface area contributed by atoms with E-state index in [2.05, 4.69) is 29.2 Å². The second-order valence-electron chi connectivity index (χ2n) is 6.16. The van der Waals surface area contributed by atoms with Crippen molar-refractivity contribution in [2.24, 2.45) is 11.8 Å². The number of nitrogens with zero attached hydrogens (tertiary/aromatic N) is 2. The predicted molar refractivity (Wildman–Crippen MR) is 73.3 cm³/mol. The highest BCUT2D eigenvalue weighted by Crippen LogP contribution is 2.18. The second-order valence-corrected chi connectivity index (χ2v) is 6.16. The van der Waals surface area contributed by atoms with Crippen LogP contribution in [0.1, 0.15) is 25.7 Å². The molecule has 2 rings (SSSR count). The van der Waals surface area contributed by atoms with Gasteiger partial charge in [-0.2, -0.15) is 0 Å². The average Bonchev–Trinajstić information content (AvgIpc) is 2.83. The molecule has 0 aromatic carbocycles. The minimum Gasteiger partial charge on any atom is -0.316 e. The first-order valence-electron chi connectivity index (χ1n) is 7.32. The molecule has 0 aliphatic carbocycles. The van der Waals surface area contributed by atoms with Crippen LogP contribution in [-0.4, -0.2) is 63.2 Å². The second kappa shape index (κ2) is 6.72. The topological polar surface area (TPSA) is 18.5 Å². The van der Waals surface area contributed by atoms with Gasteiger partial charge in [-0.15, -0.1) is 0 Å². The molecule has 2 fully saturated rings. The number of likely N-dealkylation sites (tertiary alicyclic amines) is 1. The highest BCUT2D eigenvalue weighted by molar-refractivity contribution is 4.75. The summed E-state index contributed by atoms with van der Waals surface area (Å²) in [5.74, 6) is 1.88. The van der Waals surface area contributed by atoms with Crippen LogP contribution in [0.2, 0.25) is 0 Å². The zero-order valence-corrected chi connectivity index (χ0v) is 11.6. The molecule has 0 bridgehead atoms. The number of nitrogens with one attached hydrogen (secondary N) is 1. The molecule has 1 atom stereocenters. The van der Waals surface area contributed by atoms with Crippen molar-refractivity contribution in [3.05, 3.63) is 0 Å². The molecule has 100 valence electrons. The van der Waals surface area contributed by atoms with Crippen molar-refractivity contribution >= 4 is 0 Å². The quantitative estimate of drug-likeness (QED) is 0.779. The molecule has 1 unspecified atom stereocenters. The van der Waals surface area contributed by atoms with Crippen LogP contribution in [0, 0.1) is 11.8 Å². The fourth-order valence-corrected chi connectivity index (χ4v) is 3.14. The lowest BCUT2D eigenvalue weighted by Gasteiger charge is -2.32.